The van der Waals surface area contributed by atoms with Crippen LogP contribution in [0.2, 0.25) is 0 Å². The summed E-state index contributed by atoms with van der Waals surface area (Å²) in [6.45, 7) is 6.00. The highest BCUT2D eigenvalue weighted by Gasteiger charge is 2.17. The van der Waals surface area contributed by atoms with Crippen molar-refractivity contribution in [2.75, 3.05) is 19.6 Å². The third kappa shape index (κ3) is 4.56. The molecule has 0 aromatic heterocycles. The van der Waals surface area contributed by atoms with Gasteiger partial charge in [-0.25, -0.2) is 0 Å². The van der Waals surface area contributed by atoms with Crippen LogP contribution in [-0.4, -0.2) is 43.6 Å². The maximum Gasteiger partial charge on any atom is 0.279 e. The van der Waals surface area contributed by atoms with E-state index in [-0.39, 0.29) is 6.54 Å². The van der Waals surface area contributed by atoms with Gasteiger partial charge in [0.25, 0.3) is 10.2 Å². The van der Waals surface area contributed by atoms with Crippen molar-refractivity contribution < 1.29 is 13.5 Å². The molecule has 0 saturated heterocycles. The first-order valence-electron chi connectivity index (χ1n) is 4.36. The number of hydrogen-bond donors (Lipinski definition) is 2. The molecule has 0 aliphatic carbocycles. The number of hydrogen-bond acceptors (Lipinski definition) is 3. The Labute approximate surface area is 79.9 Å². The Kier molecular flexibility index (Phi) is 5.46. The third-order valence-electron chi connectivity index (χ3n) is 1.61. The van der Waals surface area contributed by atoms with Crippen LogP contribution in [0, 0.1) is 0 Å². The van der Waals surface area contributed by atoms with Gasteiger partial charge in [-0.2, -0.15) is 17.4 Å². The zero-order valence-corrected chi connectivity index (χ0v) is 9.13. The van der Waals surface area contributed by atoms with Crippen LogP contribution in [0.5, 0.6) is 0 Å². The molecule has 80 valence electrons. The van der Waals surface area contributed by atoms with Gasteiger partial charge in [0.05, 0.1) is 6.10 Å². The Bertz CT molecular complexity index is 222. The first kappa shape index (κ1) is 12.8. The van der Waals surface area contributed by atoms with E-state index in [0.29, 0.717) is 13.1 Å². The lowest BCUT2D eigenvalue weighted by atomic mass is 10.4. The second kappa shape index (κ2) is 5.54. The van der Waals surface area contributed by atoms with E-state index in [4.69, 9.17) is 5.11 Å². The molecule has 0 spiro atoms. The van der Waals surface area contributed by atoms with Crippen molar-refractivity contribution in [3.8, 4) is 0 Å². The van der Waals surface area contributed by atoms with Gasteiger partial charge in [-0.1, -0.05) is 13.8 Å². The van der Waals surface area contributed by atoms with Crippen LogP contribution in [0.1, 0.15) is 20.8 Å². The van der Waals surface area contributed by atoms with Crippen LogP contribution in [0.4, 0.5) is 0 Å². The summed E-state index contributed by atoms with van der Waals surface area (Å²) >= 11 is 0. The predicted molar refractivity (Wildman–Crippen MR) is 51.5 cm³/mol. The molecule has 1 atom stereocenters. The molecule has 0 radical (unpaired) electrons. The van der Waals surface area contributed by atoms with Crippen molar-refractivity contribution in [2.24, 2.45) is 0 Å². The smallest absolute Gasteiger partial charge is 0.279 e. The van der Waals surface area contributed by atoms with Gasteiger partial charge >= 0.3 is 0 Å². The van der Waals surface area contributed by atoms with Crippen LogP contribution in [0.3, 0.4) is 0 Å². The fourth-order valence-corrected chi connectivity index (χ4v) is 2.19. The van der Waals surface area contributed by atoms with Gasteiger partial charge in [0.1, 0.15) is 0 Å². The highest BCUT2D eigenvalue weighted by molar-refractivity contribution is 7.87. The van der Waals surface area contributed by atoms with Gasteiger partial charge < -0.3 is 5.11 Å². The molecule has 0 heterocycles. The first-order valence-corrected chi connectivity index (χ1v) is 5.80. The van der Waals surface area contributed by atoms with Crippen LogP contribution < -0.4 is 4.72 Å². The summed E-state index contributed by atoms with van der Waals surface area (Å²) in [5.74, 6) is 0. The normalized spacial score (nSPS) is 14.8. The Hall–Kier alpha value is -0.170. The number of nitrogens with zero attached hydrogens (tertiary/aromatic N) is 1. The lowest BCUT2D eigenvalue weighted by Crippen LogP contribution is -2.42. The molecule has 5 nitrogen and oxygen atoms in total. The Balaban J connectivity index is 4.22. The minimum Gasteiger partial charge on any atom is -0.392 e. The molecule has 0 unspecified atom stereocenters. The van der Waals surface area contributed by atoms with Crippen molar-refractivity contribution >= 4 is 10.2 Å². The zero-order chi connectivity index (χ0) is 10.5. The summed E-state index contributed by atoms with van der Waals surface area (Å²) in [6, 6.07) is 0. The van der Waals surface area contributed by atoms with E-state index < -0.39 is 16.3 Å². The molecule has 0 amide bonds. The average molecular weight is 210 g/mol. The molecule has 6 heteroatoms. The summed E-state index contributed by atoms with van der Waals surface area (Å²) < 4.78 is 26.4. The van der Waals surface area contributed by atoms with E-state index in [0.717, 1.165) is 0 Å². The van der Waals surface area contributed by atoms with Crippen LogP contribution in [0.25, 0.3) is 0 Å². The predicted octanol–water partition coefficient (Wildman–Crippen LogP) is -0.457. The minimum atomic E-state index is -3.39. The molecule has 0 aromatic rings. The monoisotopic (exact) mass is 210 g/mol. The Morgan fingerprint density at radius 2 is 1.85 bits per heavy atom. The van der Waals surface area contributed by atoms with Crippen LogP contribution in [0.15, 0.2) is 0 Å². The molecule has 0 aliphatic heterocycles. The number of aliphatic hydroxyl groups excluding tert-OH is 1. The summed E-state index contributed by atoms with van der Waals surface area (Å²) in [5.41, 5.74) is 0. The van der Waals surface area contributed by atoms with E-state index in [2.05, 4.69) is 4.72 Å². The summed E-state index contributed by atoms with van der Waals surface area (Å²) in [5, 5.41) is 8.90. The first-order chi connectivity index (χ1) is 5.94. The number of rotatable bonds is 6. The fraction of sp³-hybridized carbons (Fsp3) is 1.00. The van der Waals surface area contributed by atoms with E-state index in [1.54, 1.807) is 13.8 Å². The molecular weight excluding hydrogens is 192 g/mol. The number of nitrogens with one attached hydrogen (secondary N) is 1. The lowest BCUT2D eigenvalue weighted by molar-refractivity contribution is 0.197. The highest BCUT2D eigenvalue weighted by Crippen LogP contribution is 1.96. The third-order valence-corrected chi connectivity index (χ3v) is 3.33. The summed E-state index contributed by atoms with van der Waals surface area (Å²) in [7, 11) is -3.39. The van der Waals surface area contributed by atoms with E-state index >= 15 is 0 Å². The van der Waals surface area contributed by atoms with Gasteiger partial charge in [0, 0.05) is 19.6 Å². The summed E-state index contributed by atoms with van der Waals surface area (Å²) in [6.07, 6.45) is -0.662. The standard InChI is InChI=1S/C7H18N2O3S/c1-4-9(5-2)13(11,12)8-6-7(3)10/h7-8,10H,4-6H2,1-3H3/t7-/m0/s1. The zero-order valence-electron chi connectivity index (χ0n) is 8.32. The molecular formula is C7H18N2O3S. The van der Waals surface area contributed by atoms with Crippen LogP contribution in [-0.2, 0) is 10.2 Å². The van der Waals surface area contributed by atoms with Crippen molar-refractivity contribution in [1.29, 1.82) is 0 Å². The molecule has 0 aliphatic rings. The maximum atomic E-state index is 11.4. The van der Waals surface area contributed by atoms with E-state index in [1.807, 2.05) is 0 Å². The molecule has 13 heavy (non-hydrogen) atoms. The van der Waals surface area contributed by atoms with Crippen molar-refractivity contribution in [3.63, 3.8) is 0 Å². The average Bonchev–Trinajstić information content (AvgIpc) is 2.03. The summed E-state index contributed by atoms with van der Waals surface area (Å²) in [4.78, 5) is 0. The Morgan fingerprint density at radius 1 is 1.38 bits per heavy atom. The van der Waals surface area contributed by atoms with Gasteiger partial charge in [-0.05, 0) is 6.92 Å². The Morgan fingerprint density at radius 3 is 2.15 bits per heavy atom. The second-order valence-corrected chi connectivity index (χ2v) is 4.54. The molecule has 0 saturated carbocycles. The lowest BCUT2D eigenvalue weighted by Gasteiger charge is -2.19. The minimum absolute atomic E-state index is 0.0544. The SMILES string of the molecule is CCN(CC)S(=O)(=O)NC[C@H](C)O. The van der Waals surface area contributed by atoms with Crippen molar-refractivity contribution in [3.05, 3.63) is 0 Å². The van der Waals surface area contributed by atoms with Crippen molar-refractivity contribution in [1.82, 2.24) is 9.03 Å². The molecule has 2 N–H and O–H groups in total. The number of aliphatic hydroxyl groups is 1. The van der Waals surface area contributed by atoms with Gasteiger partial charge in [0.2, 0.25) is 0 Å². The van der Waals surface area contributed by atoms with Gasteiger partial charge in [0.15, 0.2) is 0 Å². The molecule has 0 bridgehead atoms. The molecule has 0 fully saturated rings. The van der Waals surface area contributed by atoms with Crippen molar-refractivity contribution in [2.45, 2.75) is 26.9 Å². The highest BCUT2D eigenvalue weighted by atomic mass is 32.2. The second-order valence-electron chi connectivity index (χ2n) is 2.79. The quantitative estimate of drug-likeness (QED) is 0.623. The van der Waals surface area contributed by atoms with Gasteiger partial charge in [-0.3, -0.25) is 0 Å². The van der Waals surface area contributed by atoms with E-state index in [1.165, 1.54) is 11.2 Å². The topological polar surface area (TPSA) is 69.6 Å². The van der Waals surface area contributed by atoms with E-state index in [9.17, 15) is 8.42 Å². The molecule has 0 aromatic carbocycles. The fourth-order valence-electron chi connectivity index (χ4n) is 0.881. The molecule has 0 rings (SSSR count). The van der Waals surface area contributed by atoms with Gasteiger partial charge in [-0.15, -0.1) is 0 Å². The largest absolute Gasteiger partial charge is 0.392 e. The van der Waals surface area contributed by atoms with Crippen LogP contribution >= 0.6 is 0 Å². The maximum absolute atomic E-state index is 11.4.